The van der Waals surface area contributed by atoms with E-state index in [1.165, 1.54) is 11.1 Å². The van der Waals surface area contributed by atoms with Gasteiger partial charge in [0.2, 0.25) is 0 Å². The highest BCUT2D eigenvalue weighted by molar-refractivity contribution is 5.49. The molecule has 3 heteroatoms. The predicted octanol–water partition coefficient (Wildman–Crippen LogP) is 3.37. The molecule has 1 unspecified atom stereocenters. The number of aliphatic hydroxyl groups is 1. The van der Waals surface area contributed by atoms with Gasteiger partial charge in [-0.15, -0.1) is 0 Å². The fourth-order valence-electron chi connectivity index (χ4n) is 2.86. The van der Waals surface area contributed by atoms with Crippen molar-refractivity contribution in [1.29, 1.82) is 0 Å². The van der Waals surface area contributed by atoms with Crippen LogP contribution in [0.15, 0.2) is 42.5 Å². The van der Waals surface area contributed by atoms with Crippen molar-refractivity contribution in [1.82, 2.24) is 0 Å². The predicted molar refractivity (Wildman–Crippen MR) is 79.8 cm³/mol. The molecule has 20 heavy (non-hydrogen) atoms. The van der Waals surface area contributed by atoms with E-state index < -0.39 is 0 Å². The van der Waals surface area contributed by atoms with E-state index in [0.29, 0.717) is 11.8 Å². The third-order valence-electron chi connectivity index (χ3n) is 3.92. The number of nitrogens with one attached hydrogen (secondary N) is 1. The van der Waals surface area contributed by atoms with Crippen molar-refractivity contribution in [2.45, 2.75) is 31.9 Å². The number of anilines is 1. The monoisotopic (exact) mass is 269 g/mol. The second kappa shape index (κ2) is 5.55. The summed E-state index contributed by atoms with van der Waals surface area (Å²) in [7, 11) is 0. The molecule has 0 fully saturated rings. The highest BCUT2D eigenvalue weighted by atomic mass is 16.3. The van der Waals surface area contributed by atoms with Crippen molar-refractivity contribution in [3.8, 4) is 5.75 Å². The Morgan fingerprint density at radius 1 is 1.10 bits per heavy atom. The van der Waals surface area contributed by atoms with E-state index in [-0.39, 0.29) is 6.61 Å². The first-order chi connectivity index (χ1) is 9.76. The lowest BCUT2D eigenvalue weighted by atomic mass is 9.87. The molecule has 0 amide bonds. The molecule has 0 saturated heterocycles. The Hall–Kier alpha value is -2.00. The van der Waals surface area contributed by atoms with Crippen LogP contribution in [0.5, 0.6) is 5.75 Å². The maximum Gasteiger partial charge on any atom is 0.115 e. The van der Waals surface area contributed by atoms with Crippen LogP contribution in [-0.4, -0.2) is 10.2 Å². The van der Waals surface area contributed by atoms with Crippen LogP contribution < -0.4 is 5.32 Å². The minimum Gasteiger partial charge on any atom is -0.508 e. The Balaban J connectivity index is 1.81. The number of aryl methyl sites for hydroxylation is 1. The summed E-state index contributed by atoms with van der Waals surface area (Å²) in [5.41, 5.74) is 4.50. The average Bonchev–Trinajstić information content (AvgIpc) is 2.48. The highest BCUT2D eigenvalue weighted by Gasteiger charge is 2.20. The number of phenols is 1. The lowest BCUT2D eigenvalue weighted by Crippen LogP contribution is -2.17. The quantitative estimate of drug-likeness (QED) is 0.800. The summed E-state index contributed by atoms with van der Waals surface area (Å²) < 4.78 is 0. The average molecular weight is 269 g/mol. The van der Waals surface area contributed by atoms with Crippen LogP contribution in [0.1, 0.15) is 35.6 Å². The molecule has 1 atom stereocenters. The van der Waals surface area contributed by atoms with Gasteiger partial charge in [0.15, 0.2) is 0 Å². The van der Waals surface area contributed by atoms with Gasteiger partial charge in [-0.05, 0) is 60.2 Å². The molecule has 0 heterocycles. The van der Waals surface area contributed by atoms with Gasteiger partial charge >= 0.3 is 0 Å². The Kier molecular flexibility index (Phi) is 3.61. The van der Waals surface area contributed by atoms with Gasteiger partial charge in [-0.25, -0.2) is 0 Å². The summed E-state index contributed by atoms with van der Waals surface area (Å²) in [6.45, 7) is 0.0752. The number of rotatable bonds is 3. The minimum absolute atomic E-state index is 0.0752. The molecule has 0 bridgehead atoms. The van der Waals surface area contributed by atoms with Gasteiger partial charge in [0, 0.05) is 5.69 Å². The number of phenolic OH excluding ortho intramolecular Hbond substituents is 1. The number of fused-ring (bicyclic) bond motifs is 1. The van der Waals surface area contributed by atoms with Crippen molar-refractivity contribution < 1.29 is 10.2 Å². The third kappa shape index (κ3) is 2.63. The zero-order valence-electron chi connectivity index (χ0n) is 11.3. The van der Waals surface area contributed by atoms with E-state index in [4.69, 9.17) is 5.11 Å². The van der Waals surface area contributed by atoms with Crippen LogP contribution in [0.25, 0.3) is 0 Å². The van der Waals surface area contributed by atoms with Gasteiger partial charge in [-0.3, -0.25) is 0 Å². The van der Waals surface area contributed by atoms with Crippen LogP contribution in [0, 0.1) is 0 Å². The Morgan fingerprint density at radius 2 is 1.90 bits per heavy atom. The lowest BCUT2D eigenvalue weighted by molar-refractivity contribution is 0.282. The molecule has 3 N–H and O–H groups in total. The zero-order chi connectivity index (χ0) is 13.9. The van der Waals surface area contributed by atoms with Gasteiger partial charge < -0.3 is 15.5 Å². The molecule has 0 radical (unpaired) electrons. The number of hydrogen-bond donors (Lipinski definition) is 3. The molecule has 0 aliphatic heterocycles. The normalized spacial score (nSPS) is 17.6. The molecule has 0 aromatic heterocycles. The van der Waals surface area contributed by atoms with E-state index in [1.807, 2.05) is 36.4 Å². The fraction of sp³-hybridized carbons (Fsp3) is 0.294. The van der Waals surface area contributed by atoms with Crippen LogP contribution in [0.3, 0.4) is 0 Å². The Bertz CT molecular complexity index is 592. The minimum atomic E-state index is 0.0752. The maximum absolute atomic E-state index is 9.58. The number of aromatic hydroxyl groups is 1. The van der Waals surface area contributed by atoms with Gasteiger partial charge in [-0.2, -0.15) is 0 Å². The molecular weight excluding hydrogens is 250 g/mol. The van der Waals surface area contributed by atoms with Gasteiger partial charge in [0.25, 0.3) is 0 Å². The molecule has 2 aromatic carbocycles. The first-order valence-electron chi connectivity index (χ1n) is 7.04. The SMILES string of the molecule is OCc1ccc(NC2CCCc3cc(O)ccc32)cc1. The molecule has 2 aromatic rings. The zero-order valence-corrected chi connectivity index (χ0v) is 11.3. The molecule has 0 spiro atoms. The lowest BCUT2D eigenvalue weighted by Gasteiger charge is -2.27. The maximum atomic E-state index is 9.58. The van der Waals surface area contributed by atoms with E-state index in [2.05, 4.69) is 5.32 Å². The number of aliphatic hydroxyl groups excluding tert-OH is 1. The smallest absolute Gasteiger partial charge is 0.115 e. The van der Waals surface area contributed by atoms with Crippen molar-refractivity contribution in [3.05, 3.63) is 59.2 Å². The van der Waals surface area contributed by atoms with Crippen molar-refractivity contribution in [2.24, 2.45) is 0 Å². The first kappa shape index (κ1) is 13.0. The fourth-order valence-corrected chi connectivity index (χ4v) is 2.86. The second-order valence-corrected chi connectivity index (χ2v) is 5.33. The van der Waals surface area contributed by atoms with E-state index >= 15 is 0 Å². The van der Waals surface area contributed by atoms with Gasteiger partial charge in [0.05, 0.1) is 12.6 Å². The van der Waals surface area contributed by atoms with Crippen molar-refractivity contribution >= 4 is 5.69 Å². The molecule has 1 aliphatic rings. The van der Waals surface area contributed by atoms with Gasteiger partial charge in [-0.1, -0.05) is 18.2 Å². The topological polar surface area (TPSA) is 52.5 Å². The summed E-state index contributed by atoms with van der Waals surface area (Å²) in [6.07, 6.45) is 3.26. The van der Waals surface area contributed by atoms with Crippen LogP contribution >= 0.6 is 0 Å². The number of benzene rings is 2. The Morgan fingerprint density at radius 3 is 2.65 bits per heavy atom. The molecule has 104 valence electrons. The van der Waals surface area contributed by atoms with E-state index in [1.54, 1.807) is 6.07 Å². The van der Waals surface area contributed by atoms with Crippen LogP contribution in [0.4, 0.5) is 5.69 Å². The summed E-state index contributed by atoms with van der Waals surface area (Å²) in [5.74, 6) is 0.344. The van der Waals surface area contributed by atoms with Gasteiger partial charge in [0.1, 0.15) is 5.75 Å². The summed E-state index contributed by atoms with van der Waals surface area (Å²) >= 11 is 0. The summed E-state index contributed by atoms with van der Waals surface area (Å²) in [6, 6.07) is 13.8. The van der Waals surface area contributed by atoms with Crippen LogP contribution in [-0.2, 0) is 13.0 Å². The molecule has 1 aliphatic carbocycles. The molecule has 3 nitrogen and oxygen atoms in total. The Labute approximate surface area is 118 Å². The number of hydrogen-bond acceptors (Lipinski definition) is 3. The first-order valence-corrected chi connectivity index (χ1v) is 7.04. The highest BCUT2D eigenvalue weighted by Crippen LogP contribution is 2.34. The van der Waals surface area contributed by atoms with E-state index in [0.717, 1.165) is 30.5 Å². The molecular formula is C17H19NO2. The third-order valence-corrected chi connectivity index (χ3v) is 3.92. The summed E-state index contributed by atoms with van der Waals surface area (Å²) in [4.78, 5) is 0. The standard InChI is InChI=1S/C17H19NO2/c19-11-12-4-6-14(7-5-12)18-17-3-1-2-13-10-15(20)8-9-16(13)17/h4-10,17-20H,1-3,11H2. The second-order valence-electron chi connectivity index (χ2n) is 5.33. The van der Waals surface area contributed by atoms with Crippen molar-refractivity contribution in [2.75, 3.05) is 5.32 Å². The summed E-state index contributed by atoms with van der Waals surface area (Å²) in [5, 5.41) is 22.2. The molecule has 3 rings (SSSR count). The molecule has 0 saturated carbocycles. The van der Waals surface area contributed by atoms with Crippen LogP contribution in [0.2, 0.25) is 0 Å². The van der Waals surface area contributed by atoms with Crippen molar-refractivity contribution in [3.63, 3.8) is 0 Å². The largest absolute Gasteiger partial charge is 0.508 e. The van der Waals surface area contributed by atoms with E-state index in [9.17, 15) is 5.11 Å².